The fourth-order valence-corrected chi connectivity index (χ4v) is 8.99. The predicted molar refractivity (Wildman–Crippen MR) is 230 cm³/mol. The van der Waals surface area contributed by atoms with Gasteiger partial charge in [-0.1, -0.05) is 122 Å². The van der Waals surface area contributed by atoms with E-state index in [2.05, 4.69) is 208 Å². The minimum absolute atomic E-state index is 0.235. The molecule has 0 aliphatic heterocycles. The van der Waals surface area contributed by atoms with Gasteiger partial charge in [-0.2, -0.15) is 0 Å². The van der Waals surface area contributed by atoms with E-state index in [4.69, 9.17) is 0 Å². The van der Waals surface area contributed by atoms with Gasteiger partial charge in [0, 0.05) is 38.6 Å². The Hall–Kier alpha value is -6.38. The number of rotatable bonds is 5. The summed E-state index contributed by atoms with van der Waals surface area (Å²) in [7, 11) is 0. The van der Waals surface area contributed by atoms with Gasteiger partial charge in [0.05, 0.1) is 16.7 Å². The zero-order chi connectivity index (χ0) is 36.7. The van der Waals surface area contributed by atoms with Gasteiger partial charge >= 0.3 is 0 Å². The van der Waals surface area contributed by atoms with Crippen molar-refractivity contribution in [2.45, 2.75) is 40.0 Å². The fraction of sp³-hybridized carbons (Fsp3) is 0.115. The topological polar surface area (TPSA) is 8.17 Å². The van der Waals surface area contributed by atoms with E-state index in [-0.39, 0.29) is 5.41 Å². The van der Waals surface area contributed by atoms with Crippen LogP contribution in [0.4, 0.5) is 17.1 Å². The average molecular weight is 695 g/mol. The van der Waals surface area contributed by atoms with Crippen molar-refractivity contribution in [3.8, 4) is 27.9 Å². The monoisotopic (exact) mass is 694 g/mol. The molecule has 0 saturated carbocycles. The lowest BCUT2D eigenvalue weighted by molar-refractivity contribution is 0.660. The Bertz CT molecular complexity index is 2930. The van der Waals surface area contributed by atoms with Gasteiger partial charge in [0.25, 0.3) is 0 Å². The zero-order valence-electron chi connectivity index (χ0n) is 31.5. The summed E-state index contributed by atoms with van der Waals surface area (Å²) in [6, 6.07) is 61.0. The molecule has 54 heavy (non-hydrogen) atoms. The van der Waals surface area contributed by atoms with E-state index in [1.165, 1.54) is 94.0 Å². The van der Waals surface area contributed by atoms with Crippen LogP contribution in [0.3, 0.4) is 0 Å². The Morgan fingerprint density at radius 2 is 1.13 bits per heavy atom. The lowest BCUT2D eigenvalue weighted by atomic mass is 9.81. The molecule has 2 nitrogen and oxygen atoms in total. The molecule has 2 heteroatoms. The van der Waals surface area contributed by atoms with E-state index in [9.17, 15) is 0 Å². The molecule has 8 aromatic carbocycles. The van der Waals surface area contributed by atoms with Gasteiger partial charge in [-0.3, -0.25) is 0 Å². The van der Waals surface area contributed by atoms with Crippen molar-refractivity contribution in [2.75, 3.05) is 4.90 Å². The van der Waals surface area contributed by atoms with E-state index in [1.54, 1.807) is 0 Å². The van der Waals surface area contributed by atoms with Crippen molar-refractivity contribution in [1.82, 2.24) is 4.57 Å². The van der Waals surface area contributed by atoms with Crippen molar-refractivity contribution in [3.63, 3.8) is 0 Å². The first-order valence-electron chi connectivity index (χ1n) is 19.0. The molecule has 0 unspecified atom stereocenters. The fourth-order valence-electron chi connectivity index (χ4n) is 8.99. The molecule has 10 rings (SSSR count). The largest absolute Gasteiger partial charge is 0.310 e. The highest BCUT2D eigenvalue weighted by Crippen LogP contribution is 2.55. The summed E-state index contributed by atoms with van der Waals surface area (Å²) in [4.78, 5) is 2.45. The van der Waals surface area contributed by atoms with Crippen molar-refractivity contribution < 1.29 is 0 Å². The molecule has 0 saturated heterocycles. The zero-order valence-corrected chi connectivity index (χ0v) is 31.5. The quantitative estimate of drug-likeness (QED) is 0.174. The number of hydrogen-bond donors (Lipinski definition) is 0. The van der Waals surface area contributed by atoms with Crippen molar-refractivity contribution in [3.05, 3.63) is 192 Å². The minimum Gasteiger partial charge on any atom is -0.310 e. The molecule has 9 aromatic rings. The van der Waals surface area contributed by atoms with Crippen LogP contribution < -0.4 is 4.90 Å². The van der Waals surface area contributed by atoms with Gasteiger partial charge < -0.3 is 9.47 Å². The number of hydrogen-bond acceptors (Lipinski definition) is 1. The highest BCUT2D eigenvalue weighted by atomic mass is 15.1. The molecule has 1 aliphatic carbocycles. The first-order chi connectivity index (χ1) is 26.3. The van der Waals surface area contributed by atoms with Crippen LogP contribution in [0.2, 0.25) is 0 Å². The molecule has 0 bridgehead atoms. The van der Waals surface area contributed by atoms with Crippen molar-refractivity contribution in [1.29, 1.82) is 0 Å². The Morgan fingerprint density at radius 3 is 1.91 bits per heavy atom. The molecule has 1 aromatic heterocycles. The number of aromatic nitrogens is 1. The van der Waals surface area contributed by atoms with E-state index in [0.717, 1.165) is 11.4 Å². The first kappa shape index (κ1) is 32.3. The molecule has 0 spiro atoms. The molecule has 0 N–H and O–H groups in total. The third kappa shape index (κ3) is 4.94. The summed E-state index contributed by atoms with van der Waals surface area (Å²) in [5, 5.41) is 5.10. The lowest BCUT2D eigenvalue weighted by Crippen LogP contribution is -2.17. The standard InChI is InChI=1S/C52H42N2/c1-33-18-22-38(23-19-33)53(39-15-11-12-34(2)28-39)50-32-47-51(42-17-10-9-16-41(42)50)43-25-24-40(31-46(43)52(47,4)5)54-48-26-20-35(3)29-44(48)45-30-37(21-27-49(45)54)36-13-7-6-8-14-36/h6-32H,1-5H3. The molecule has 260 valence electrons. The van der Waals surface area contributed by atoms with Crippen LogP contribution in [0.1, 0.15) is 41.7 Å². The number of fused-ring (bicyclic) bond motifs is 8. The maximum absolute atomic E-state index is 2.48. The summed E-state index contributed by atoms with van der Waals surface area (Å²) in [6.07, 6.45) is 0. The predicted octanol–water partition coefficient (Wildman–Crippen LogP) is 14.3. The second-order valence-corrected chi connectivity index (χ2v) is 15.7. The molecule has 1 heterocycles. The molecular formula is C52H42N2. The maximum atomic E-state index is 2.48. The minimum atomic E-state index is -0.235. The number of benzene rings is 8. The SMILES string of the molecule is Cc1ccc(N(c2cccc(C)c2)c2cc3c(c4ccccc24)-c2ccc(-n4c5ccc(C)cc5c5cc(-c6ccccc6)ccc54)cc2C3(C)C)cc1. The number of aryl methyl sites for hydroxylation is 3. The first-order valence-corrected chi connectivity index (χ1v) is 19.0. The summed E-state index contributed by atoms with van der Waals surface area (Å²) in [5.74, 6) is 0. The second kappa shape index (κ2) is 12.1. The third-order valence-corrected chi connectivity index (χ3v) is 11.7. The Balaban J connectivity index is 1.18. The number of anilines is 3. The average Bonchev–Trinajstić information content (AvgIpc) is 3.63. The summed E-state index contributed by atoms with van der Waals surface area (Å²) in [5.41, 5.74) is 18.6. The summed E-state index contributed by atoms with van der Waals surface area (Å²) in [6.45, 7) is 11.3. The molecule has 0 amide bonds. The van der Waals surface area contributed by atoms with Gasteiger partial charge in [-0.25, -0.2) is 0 Å². The molecule has 1 aliphatic rings. The van der Waals surface area contributed by atoms with Gasteiger partial charge in [0.2, 0.25) is 0 Å². The van der Waals surface area contributed by atoms with E-state index in [0.29, 0.717) is 0 Å². The van der Waals surface area contributed by atoms with Crippen LogP contribution in [0.25, 0.3) is 60.5 Å². The van der Waals surface area contributed by atoms with Gasteiger partial charge in [-0.15, -0.1) is 0 Å². The van der Waals surface area contributed by atoms with Crippen LogP contribution in [0.5, 0.6) is 0 Å². The smallest absolute Gasteiger partial charge is 0.0543 e. The molecule has 0 radical (unpaired) electrons. The van der Waals surface area contributed by atoms with Gasteiger partial charge in [0.1, 0.15) is 0 Å². The third-order valence-electron chi connectivity index (χ3n) is 11.7. The van der Waals surface area contributed by atoms with E-state index >= 15 is 0 Å². The summed E-state index contributed by atoms with van der Waals surface area (Å²) < 4.78 is 2.47. The van der Waals surface area contributed by atoms with Crippen molar-refractivity contribution >= 4 is 49.6 Å². The molecule has 0 atom stereocenters. The Morgan fingerprint density at radius 1 is 0.444 bits per heavy atom. The van der Waals surface area contributed by atoms with Crippen LogP contribution in [-0.2, 0) is 5.41 Å². The molecular weight excluding hydrogens is 653 g/mol. The van der Waals surface area contributed by atoms with E-state index in [1.807, 2.05) is 0 Å². The van der Waals surface area contributed by atoms with Crippen LogP contribution >= 0.6 is 0 Å². The maximum Gasteiger partial charge on any atom is 0.0543 e. The van der Waals surface area contributed by atoms with Crippen LogP contribution in [-0.4, -0.2) is 4.57 Å². The Labute approximate surface area is 317 Å². The highest BCUT2D eigenvalue weighted by Gasteiger charge is 2.38. The van der Waals surface area contributed by atoms with Gasteiger partial charge in [-0.05, 0) is 132 Å². The van der Waals surface area contributed by atoms with Crippen LogP contribution in [0.15, 0.2) is 164 Å². The summed E-state index contributed by atoms with van der Waals surface area (Å²) >= 11 is 0. The highest BCUT2D eigenvalue weighted by molar-refractivity contribution is 6.12. The second-order valence-electron chi connectivity index (χ2n) is 15.7. The van der Waals surface area contributed by atoms with Crippen molar-refractivity contribution in [2.24, 2.45) is 0 Å². The number of nitrogens with zero attached hydrogens (tertiary/aromatic N) is 2. The van der Waals surface area contributed by atoms with E-state index < -0.39 is 0 Å². The van der Waals surface area contributed by atoms with Gasteiger partial charge in [0.15, 0.2) is 0 Å². The Kier molecular flexibility index (Phi) is 7.22. The normalized spacial score (nSPS) is 13.1. The lowest BCUT2D eigenvalue weighted by Gasteiger charge is -2.30. The molecule has 0 fully saturated rings. The van der Waals surface area contributed by atoms with Crippen LogP contribution in [0, 0.1) is 20.8 Å².